The molecule has 7 nitrogen and oxygen atoms in total. The van der Waals surface area contributed by atoms with Gasteiger partial charge in [0.25, 0.3) is 10.0 Å². The van der Waals surface area contributed by atoms with E-state index in [4.69, 9.17) is 11.6 Å². The molecule has 0 saturated heterocycles. The molecule has 0 saturated carbocycles. The van der Waals surface area contributed by atoms with Crippen LogP contribution in [0.3, 0.4) is 0 Å². The Balaban J connectivity index is 2.24. The lowest BCUT2D eigenvalue weighted by molar-refractivity contribution is 0.577. The van der Waals surface area contributed by atoms with E-state index in [1.165, 1.54) is 10.9 Å². The number of aromatic nitrogens is 4. The Hall–Kier alpha value is -1.38. The van der Waals surface area contributed by atoms with E-state index in [2.05, 4.69) is 14.8 Å². The zero-order chi connectivity index (χ0) is 15.1. The van der Waals surface area contributed by atoms with Gasteiger partial charge in [0.15, 0.2) is 0 Å². The minimum Gasteiger partial charge on any atom is -0.324 e. The van der Waals surface area contributed by atoms with Gasteiger partial charge in [-0.15, -0.1) is 0 Å². The summed E-state index contributed by atoms with van der Waals surface area (Å²) >= 11 is 5.91. The average molecular weight is 318 g/mol. The summed E-state index contributed by atoms with van der Waals surface area (Å²) < 4.78 is 30.0. The van der Waals surface area contributed by atoms with Crippen molar-refractivity contribution in [3.63, 3.8) is 0 Å². The highest BCUT2D eigenvalue weighted by molar-refractivity contribution is 7.89. The largest absolute Gasteiger partial charge is 0.324 e. The highest BCUT2D eigenvalue weighted by Gasteiger charge is 2.23. The van der Waals surface area contributed by atoms with Gasteiger partial charge in [-0.3, -0.25) is 4.68 Å². The van der Waals surface area contributed by atoms with Crippen molar-refractivity contribution >= 4 is 21.6 Å². The lowest BCUT2D eigenvalue weighted by Gasteiger charge is -2.06. The van der Waals surface area contributed by atoms with E-state index in [0.717, 1.165) is 17.0 Å². The Kier molecular flexibility index (Phi) is 3.90. The lowest BCUT2D eigenvalue weighted by Crippen LogP contribution is -2.24. The quantitative estimate of drug-likeness (QED) is 0.908. The second-order valence-corrected chi connectivity index (χ2v) is 6.59. The molecule has 0 spiro atoms. The van der Waals surface area contributed by atoms with Gasteiger partial charge in [0.1, 0.15) is 5.15 Å². The fourth-order valence-electron chi connectivity index (χ4n) is 1.88. The van der Waals surface area contributed by atoms with Crippen molar-refractivity contribution in [3.8, 4) is 0 Å². The summed E-state index contributed by atoms with van der Waals surface area (Å²) in [7, 11) is -0.299. The topological polar surface area (TPSA) is 81.8 Å². The van der Waals surface area contributed by atoms with E-state index in [0.29, 0.717) is 0 Å². The van der Waals surface area contributed by atoms with Crippen LogP contribution in [0.15, 0.2) is 11.4 Å². The maximum absolute atomic E-state index is 12.2. The Labute approximate surface area is 122 Å². The van der Waals surface area contributed by atoms with Crippen molar-refractivity contribution in [1.29, 1.82) is 0 Å². The molecule has 0 aromatic carbocycles. The number of aryl methyl sites for hydroxylation is 3. The molecule has 0 bridgehead atoms. The fourth-order valence-corrected chi connectivity index (χ4v) is 3.30. The zero-order valence-corrected chi connectivity index (χ0v) is 13.2. The van der Waals surface area contributed by atoms with Crippen molar-refractivity contribution in [2.75, 3.05) is 0 Å². The van der Waals surface area contributed by atoms with Crippen molar-refractivity contribution < 1.29 is 8.42 Å². The molecule has 0 radical (unpaired) electrons. The third-order valence-corrected chi connectivity index (χ3v) is 5.08. The molecule has 0 aliphatic rings. The molecule has 9 heteroatoms. The zero-order valence-electron chi connectivity index (χ0n) is 11.7. The van der Waals surface area contributed by atoms with E-state index >= 15 is 0 Å². The molecule has 0 aliphatic heterocycles. The molecular weight excluding hydrogens is 302 g/mol. The third-order valence-electron chi connectivity index (χ3n) is 3.19. The number of sulfonamides is 1. The SMILES string of the molecule is Cc1nn(C)c(C)c1CNS(=O)(=O)c1ncn(C)c1Cl. The van der Waals surface area contributed by atoms with E-state index in [9.17, 15) is 8.42 Å². The predicted molar refractivity (Wildman–Crippen MR) is 74.9 cm³/mol. The molecule has 110 valence electrons. The highest BCUT2D eigenvalue weighted by atomic mass is 35.5. The summed E-state index contributed by atoms with van der Waals surface area (Å²) in [6, 6.07) is 0. The van der Waals surface area contributed by atoms with E-state index in [-0.39, 0.29) is 16.7 Å². The van der Waals surface area contributed by atoms with Crippen LogP contribution in [0, 0.1) is 13.8 Å². The van der Waals surface area contributed by atoms with E-state index < -0.39 is 10.0 Å². The van der Waals surface area contributed by atoms with Crippen LogP contribution >= 0.6 is 11.6 Å². The number of hydrogen-bond acceptors (Lipinski definition) is 4. The first-order valence-electron chi connectivity index (χ1n) is 5.89. The maximum atomic E-state index is 12.2. The first-order valence-corrected chi connectivity index (χ1v) is 7.75. The summed E-state index contributed by atoms with van der Waals surface area (Å²) in [6.45, 7) is 3.88. The minimum atomic E-state index is -3.74. The number of rotatable bonds is 4. The number of halogens is 1. The van der Waals surface area contributed by atoms with Crippen LogP contribution in [-0.4, -0.2) is 27.7 Å². The van der Waals surface area contributed by atoms with Gasteiger partial charge in [-0.2, -0.15) is 5.10 Å². The van der Waals surface area contributed by atoms with Gasteiger partial charge in [-0.05, 0) is 13.8 Å². The average Bonchev–Trinajstić information content (AvgIpc) is 2.81. The molecule has 0 unspecified atom stereocenters. The van der Waals surface area contributed by atoms with Gasteiger partial charge in [-0.25, -0.2) is 18.1 Å². The number of imidazole rings is 1. The minimum absolute atomic E-state index is 0.0807. The third kappa shape index (κ3) is 2.58. The van der Waals surface area contributed by atoms with Crippen molar-refractivity contribution in [1.82, 2.24) is 24.1 Å². The Morgan fingerprint density at radius 1 is 1.35 bits per heavy atom. The number of nitrogens with zero attached hydrogens (tertiary/aromatic N) is 4. The smallest absolute Gasteiger partial charge is 0.261 e. The Morgan fingerprint density at radius 2 is 2.00 bits per heavy atom. The Bertz CT molecular complexity index is 747. The molecule has 2 aromatic rings. The lowest BCUT2D eigenvalue weighted by atomic mass is 10.2. The van der Waals surface area contributed by atoms with Crippen LogP contribution < -0.4 is 4.72 Å². The fraction of sp³-hybridized carbons (Fsp3) is 0.455. The van der Waals surface area contributed by atoms with Gasteiger partial charge in [0.2, 0.25) is 5.03 Å². The summed E-state index contributed by atoms with van der Waals surface area (Å²) in [6.07, 6.45) is 1.36. The number of nitrogens with one attached hydrogen (secondary N) is 1. The van der Waals surface area contributed by atoms with Crippen LogP contribution in [0.2, 0.25) is 5.15 Å². The maximum Gasteiger partial charge on any atom is 0.261 e. The molecule has 2 rings (SSSR count). The van der Waals surface area contributed by atoms with Crippen molar-refractivity contribution in [2.45, 2.75) is 25.4 Å². The molecule has 20 heavy (non-hydrogen) atoms. The van der Waals surface area contributed by atoms with Gasteiger partial charge >= 0.3 is 0 Å². The predicted octanol–water partition coefficient (Wildman–Crippen LogP) is 0.902. The normalized spacial score (nSPS) is 12.1. The molecule has 0 fully saturated rings. The van der Waals surface area contributed by atoms with Crippen LogP contribution in [-0.2, 0) is 30.7 Å². The summed E-state index contributed by atoms with van der Waals surface area (Å²) in [5, 5.41) is 4.16. The molecular formula is C11H16ClN5O2S. The van der Waals surface area contributed by atoms with Crippen LogP contribution in [0.5, 0.6) is 0 Å². The molecule has 0 aliphatic carbocycles. The van der Waals surface area contributed by atoms with Gasteiger partial charge in [0, 0.05) is 31.9 Å². The highest BCUT2D eigenvalue weighted by Crippen LogP contribution is 2.19. The second-order valence-electron chi connectivity index (χ2n) is 4.55. The summed E-state index contributed by atoms with van der Waals surface area (Å²) in [4.78, 5) is 3.81. The molecule has 1 N–H and O–H groups in total. The standard InChI is InChI=1S/C11H16ClN5O2S/c1-7-9(8(2)17(4)15-7)5-14-20(18,19)11-10(12)16(3)6-13-11/h6,14H,5H2,1-4H3. The van der Waals surface area contributed by atoms with E-state index in [1.807, 2.05) is 20.9 Å². The van der Waals surface area contributed by atoms with Crippen LogP contribution in [0.4, 0.5) is 0 Å². The van der Waals surface area contributed by atoms with Crippen molar-refractivity contribution in [3.05, 3.63) is 28.4 Å². The van der Waals surface area contributed by atoms with Crippen molar-refractivity contribution in [2.24, 2.45) is 14.1 Å². The van der Waals surface area contributed by atoms with Gasteiger partial charge < -0.3 is 4.57 Å². The monoisotopic (exact) mass is 317 g/mol. The molecule has 0 amide bonds. The van der Waals surface area contributed by atoms with E-state index in [1.54, 1.807) is 11.7 Å². The van der Waals surface area contributed by atoms with Gasteiger partial charge in [-0.1, -0.05) is 11.6 Å². The Morgan fingerprint density at radius 3 is 2.45 bits per heavy atom. The summed E-state index contributed by atoms with van der Waals surface area (Å²) in [5.74, 6) is 0. The van der Waals surface area contributed by atoms with Gasteiger partial charge in [0.05, 0.1) is 12.0 Å². The molecule has 2 aromatic heterocycles. The summed E-state index contributed by atoms with van der Waals surface area (Å²) in [5.41, 5.74) is 2.56. The first-order chi connectivity index (χ1) is 9.24. The first kappa shape index (κ1) is 15.0. The molecule has 0 atom stereocenters. The number of hydrogen-bond donors (Lipinski definition) is 1. The van der Waals surface area contributed by atoms with Crippen LogP contribution in [0.1, 0.15) is 17.0 Å². The molecule has 2 heterocycles. The second kappa shape index (κ2) is 5.19. The van der Waals surface area contributed by atoms with Crippen LogP contribution in [0.25, 0.3) is 0 Å².